The molecule has 0 aliphatic rings. The first kappa shape index (κ1) is 22.6. The number of amides is 1. The number of nitrogens with zero attached hydrogens (tertiary/aromatic N) is 2. The summed E-state index contributed by atoms with van der Waals surface area (Å²) in [6, 6.07) is 16.4. The Bertz CT molecular complexity index is 1380. The van der Waals surface area contributed by atoms with E-state index in [0.29, 0.717) is 22.8 Å². The van der Waals surface area contributed by atoms with E-state index in [1.54, 1.807) is 48.8 Å². The zero-order chi connectivity index (χ0) is 23.8. The number of aromatic nitrogens is 4. The number of nitrogens with one attached hydrogen (secondary N) is 2. The molecule has 0 saturated carbocycles. The van der Waals surface area contributed by atoms with Crippen LogP contribution in [0.5, 0.6) is 5.75 Å². The second-order valence-corrected chi connectivity index (χ2v) is 6.34. The van der Waals surface area contributed by atoms with E-state index in [-0.39, 0.29) is 11.3 Å². The molecule has 11 heteroatoms. The van der Waals surface area contributed by atoms with Gasteiger partial charge in [-0.05, 0) is 48.5 Å². The predicted molar refractivity (Wildman–Crippen MR) is 118 cm³/mol. The number of carbonyl (C=O) groups excluding carboxylic acids is 1. The third-order valence-corrected chi connectivity index (χ3v) is 4.13. The van der Waals surface area contributed by atoms with Crippen molar-refractivity contribution in [3.8, 4) is 28.5 Å². The molecule has 4 rings (SSSR count). The predicted octanol–water partition coefficient (Wildman–Crippen LogP) is 2.03. The SMILES string of the molecule is NC(=O)c1ccc(-c2ccccn2)[nH]c1=O.O=C(O)Oc1ccc(-c2ccccn2)[nH]c1=O. The van der Waals surface area contributed by atoms with Gasteiger partial charge < -0.3 is 25.5 Å². The number of primary amides is 1. The summed E-state index contributed by atoms with van der Waals surface area (Å²) < 4.78 is 4.29. The molecule has 4 aromatic heterocycles. The minimum absolute atomic E-state index is 0.0559. The first-order valence-corrected chi connectivity index (χ1v) is 9.35. The van der Waals surface area contributed by atoms with Crippen molar-refractivity contribution in [1.29, 1.82) is 0 Å². The lowest BCUT2D eigenvalue weighted by Crippen LogP contribution is -2.23. The molecule has 4 aromatic rings. The summed E-state index contributed by atoms with van der Waals surface area (Å²) in [4.78, 5) is 57.3. The van der Waals surface area contributed by atoms with Crippen molar-refractivity contribution in [2.45, 2.75) is 0 Å². The molecule has 4 heterocycles. The Morgan fingerprint density at radius 1 is 0.788 bits per heavy atom. The third kappa shape index (κ3) is 5.98. The number of carbonyl (C=O) groups is 2. The Kier molecular flexibility index (Phi) is 7.06. The first-order valence-electron chi connectivity index (χ1n) is 9.35. The highest BCUT2D eigenvalue weighted by Gasteiger charge is 2.08. The van der Waals surface area contributed by atoms with Gasteiger partial charge in [0.1, 0.15) is 5.56 Å². The lowest BCUT2D eigenvalue weighted by Gasteiger charge is -2.02. The van der Waals surface area contributed by atoms with Gasteiger partial charge in [0.2, 0.25) is 0 Å². The van der Waals surface area contributed by atoms with Crippen LogP contribution in [0.25, 0.3) is 22.8 Å². The highest BCUT2D eigenvalue weighted by atomic mass is 16.7. The van der Waals surface area contributed by atoms with Gasteiger partial charge in [0.15, 0.2) is 5.75 Å². The maximum absolute atomic E-state index is 11.5. The van der Waals surface area contributed by atoms with Crippen LogP contribution in [0.1, 0.15) is 10.4 Å². The van der Waals surface area contributed by atoms with E-state index >= 15 is 0 Å². The number of ether oxygens (including phenoxy) is 1. The molecule has 0 bridgehead atoms. The molecule has 33 heavy (non-hydrogen) atoms. The van der Waals surface area contributed by atoms with E-state index in [1.165, 1.54) is 18.2 Å². The van der Waals surface area contributed by atoms with Crippen molar-refractivity contribution in [2.24, 2.45) is 5.73 Å². The Hall–Kier alpha value is -5.06. The number of hydrogen-bond donors (Lipinski definition) is 4. The quantitative estimate of drug-likeness (QED) is 0.343. The van der Waals surface area contributed by atoms with E-state index in [9.17, 15) is 19.2 Å². The van der Waals surface area contributed by atoms with Crippen LogP contribution in [0.3, 0.4) is 0 Å². The fraction of sp³-hybridized carbons (Fsp3) is 0. The molecule has 0 atom stereocenters. The van der Waals surface area contributed by atoms with Gasteiger partial charge in [-0.15, -0.1) is 0 Å². The second-order valence-electron chi connectivity index (χ2n) is 6.34. The van der Waals surface area contributed by atoms with Crippen molar-refractivity contribution in [3.63, 3.8) is 0 Å². The van der Waals surface area contributed by atoms with Crippen LogP contribution >= 0.6 is 0 Å². The van der Waals surface area contributed by atoms with E-state index in [0.717, 1.165) is 0 Å². The van der Waals surface area contributed by atoms with Gasteiger partial charge in [-0.25, -0.2) is 4.79 Å². The Morgan fingerprint density at radius 3 is 1.76 bits per heavy atom. The molecular weight excluding hydrogens is 430 g/mol. The molecule has 11 nitrogen and oxygen atoms in total. The van der Waals surface area contributed by atoms with Crippen LogP contribution in [0.4, 0.5) is 4.79 Å². The summed E-state index contributed by atoms with van der Waals surface area (Å²) in [5.74, 6) is -1.01. The molecule has 0 aliphatic carbocycles. The highest BCUT2D eigenvalue weighted by molar-refractivity contribution is 5.92. The molecule has 0 spiro atoms. The molecule has 0 aliphatic heterocycles. The van der Waals surface area contributed by atoms with Crippen molar-refractivity contribution in [2.75, 3.05) is 0 Å². The summed E-state index contributed by atoms with van der Waals surface area (Å²) in [6.07, 6.45) is 1.69. The maximum Gasteiger partial charge on any atom is 0.511 e. The summed E-state index contributed by atoms with van der Waals surface area (Å²) in [7, 11) is 0. The summed E-state index contributed by atoms with van der Waals surface area (Å²) in [5, 5.41) is 8.39. The average molecular weight is 447 g/mol. The van der Waals surface area contributed by atoms with Gasteiger partial charge >= 0.3 is 6.16 Å². The van der Waals surface area contributed by atoms with E-state index < -0.39 is 23.2 Å². The van der Waals surface area contributed by atoms with Crippen LogP contribution in [0, 0.1) is 0 Å². The number of pyridine rings is 4. The smallest absolute Gasteiger partial charge is 0.449 e. The molecule has 0 unspecified atom stereocenters. The van der Waals surface area contributed by atoms with Crippen LogP contribution in [-0.2, 0) is 0 Å². The van der Waals surface area contributed by atoms with Crippen molar-refractivity contribution >= 4 is 12.1 Å². The molecule has 0 radical (unpaired) electrons. The number of rotatable bonds is 4. The van der Waals surface area contributed by atoms with Crippen molar-refractivity contribution in [1.82, 2.24) is 19.9 Å². The van der Waals surface area contributed by atoms with Gasteiger partial charge in [-0.3, -0.25) is 24.4 Å². The molecule has 0 aromatic carbocycles. The minimum Gasteiger partial charge on any atom is -0.449 e. The zero-order valence-electron chi connectivity index (χ0n) is 16.9. The van der Waals surface area contributed by atoms with Gasteiger partial charge in [0.05, 0.1) is 22.8 Å². The van der Waals surface area contributed by atoms with E-state index in [2.05, 4.69) is 24.7 Å². The summed E-state index contributed by atoms with van der Waals surface area (Å²) in [5.41, 5.74) is 6.12. The fourth-order valence-electron chi connectivity index (χ4n) is 2.65. The standard InChI is InChI=1S/C11H9N3O2.C11H8N2O4/c12-10(15)7-4-5-9(14-11(7)16)8-3-1-2-6-13-8;14-10-9(17-11(15)16)5-4-8(13-10)7-3-1-2-6-12-7/h1-6H,(H2,12,15)(H,14,16);1-6H,(H,13,14)(H,15,16). The number of H-pyrrole nitrogens is 2. The summed E-state index contributed by atoms with van der Waals surface area (Å²) >= 11 is 0. The summed E-state index contributed by atoms with van der Waals surface area (Å²) in [6.45, 7) is 0. The maximum atomic E-state index is 11.5. The van der Waals surface area contributed by atoms with Crippen LogP contribution in [0.2, 0.25) is 0 Å². The van der Waals surface area contributed by atoms with Crippen molar-refractivity contribution < 1.29 is 19.4 Å². The normalized spacial score (nSPS) is 9.94. The topological polar surface area (TPSA) is 181 Å². The lowest BCUT2D eigenvalue weighted by atomic mass is 10.2. The average Bonchev–Trinajstić information content (AvgIpc) is 2.81. The van der Waals surface area contributed by atoms with Gasteiger partial charge in [0, 0.05) is 12.4 Å². The largest absolute Gasteiger partial charge is 0.511 e. The zero-order valence-corrected chi connectivity index (χ0v) is 16.9. The van der Waals surface area contributed by atoms with Gasteiger partial charge in [0.25, 0.3) is 17.0 Å². The number of hydrogen-bond acceptors (Lipinski definition) is 7. The minimum atomic E-state index is -1.53. The fourth-order valence-corrected chi connectivity index (χ4v) is 2.65. The van der Waals surface area contributed by atoms with E-state index in [4.69, 9.17) is 10.8 Å². The molecule has 0 saturated heterocycles. The first-order chi connectivity index (χ1) is 15.8. The highest BCUT2D eigenvalue weighted by Crippen LogP contribution is 2.14. The lowest BCUT2D eigenvalue weighted by molar-refractivity contribution is 0.0998. The molecular formula is C22H17N5O6. The van der Waals surface area contributed by atoms with Crippen LogP contribution in [0.15, 0.2) is 82.6 Å². The number of nitrogens with two attached hydrogens (primary N) is 1. The van der Waals surface area contributed by atoms with Crippen LogP contribution < -0.4 is 21.6 Å². The Labute approximate surface area is 185 Å². The molecule has 0 fully saturated rings. The van der Waals surface area contributed by atoms with Crippen molar-refractivity contribution in [3.05, 3.63) is 99.3 Å². The van der Waals surface area contributed by atoms with Crippen LogP contribution in [-0.4, -0.2) is 37.1 Å². The van der Waals surface area contributed by atoms with Gasteiger partial charge in [-0.2, -0.15) is 0 Å². The number of aromatic amines is 2. The monoisotopic (exact) mass is 447 g/mol. The molecule has 1 amide bonds. The molecule has 5 N–H and O–H groups in total. The Morgan fingerprint density at radius 2 is 1.33 bits per heavy atom. The second kappa shape index (κ2) is 10.3. The number of carboxylic acid groups (broad SMARTS) is 1. The van der Waals surface area contributed by atoms with E-state index in [1.807, 2.05) is 6.07 Å². The Balaban J connectivity index is 0.000000186. The molecule has 166 valence electrons. The van der Waals surface area contributed by atoms with Gasteiger partial charge in [-0.1, -0.05) is 12.1 Å². The third-order valence-electron chi connectivity index (χ3n) is 4.13.